The van der Waals surface area contributed by atoms with Crippen LogP contribution in [-0.4, -0.2) is 27.7 Å². The molecule has 0 radical (unpaired) electrons. The van der Waals surface area contributed by atoms with E-state index < -0.39 is 23.4 Å². The normalized spacial score (nSPS) is 23.3. The van der Waals surface area contributed by atoms with Crippen LogP contribution in [0.4, 0.5) is 4.79 Å². The predicted molar refractivity (Wildman–Crippen MR) is 76.4 cm³/mol. The SMILES string of the molecule is CC(c1nccs1)N1C(=O)NC(=O)C2(CCCCC2)C1=O. The Balaban J connectivity index is 1.95. The van der Waals surface area contributed by atoms with E-state index in [9.17, 15) is 14.4 Å². The van der Waals surface area contributed by atoms with Crippen molar-refractivity contribution >= 4 is 29.2 Å². The third kappa shape index (κ3) is 2.16. The lowest BCUT2D eigenvalue weighted by Crippen LogP contribution is -2.64. The van der Waals surface area contributed by atoms with E-state index in [1.165, 1.54) is 16.2 Å². The van der Waals surface area contributed by atoms with Crippen LogP contribution in [0.3, 0.4) is 0 Å². The average Bonchev–Trinajstić information content (AvgIpc) is 3.00. The lowest BCUT2D eigenvalue weighted by Gasteiger charge is -2.42. The summed E-state index contributed by atoms with van der Waals surface area (Å²) in [5.74, 6) is -0.793. The van der Waals surface area contributed by atoms with E-state index in [0.29, 0.717) is 17.8 Å². The molecule has 21 heavy (non-hydrogen) atoms. The number of thiazole rings is 1. The van der Waals surface area contributed by atoms with Crippen molar-refractivity contribution in [2.75, 3.05) is 0 Å². The molecule has 1 aromatic rings. The molecule has 2 heterocycles. The van der Waals surface area contributed by atoms with Gasteiger partial charge in [0.25, 0.3) is 0 Å². The number of hydrogen-bond donors (Lipinski definition) is 1. The molecular weight excluding hydrogens is 290 g/mol. The summed E-state index contributed by atoms with van der Waals surface area (Å²) in [5, 5.41) is 4.87. The van der Waals surface area contributed by atoms with Crippen LogP contribution in [0.5, 0.6) is 0 Å². The maximum absolute atomic E-state index is 12.9. The largest absolute Gasteiger partial charge is 0.331 e. The Morgan fingerprint density at radius 3 is 2.62 bits per heavy atom. The van der Waals surface area contributed by atoms with Gasteiger partial charge in [-0.15, -0.1) is 11.3 Å². The predicted octanol–water partition coefficient (Wildman–Crippen LogP) is 2.23. The Bertz CT molecular complexity index is 578. The van der Waals surface area contributed by atoms with E-state index in [0.717, 1.165) is 19.3 Å². The van der Waals surface area contributed by atoms with Gasteiger partial charge in [-0.1, -0.05) is 19.3 Å². The molecule has 7 heteroatoms. The van der Waals surface area contributed by atoms with Gasteiger partial charge in [0.15, 0.2) is 0 Å². The van der Waals surface area contributed by atoms with Gasteiger partial charge >= 0.3 is 6.03 Å². The van der Waals surface area contributed by atoms with Crippen LogP contribution in [0.2, 0.25) is 0 Å². The molecule has 1 saturated carbocycles. The standard InChI is InChI=1S/C14H17N3O3S/c1-9(10-15-7-8-21-10)17-12(19)14(5-3-2-4-6-14)11(18)16-13(17)20/h7-9H,2-6H2,1H3,(H,16,18,20). The summed E-state index contributed by atoms with van der Waals surface area (Å²) in [5.41, 5.74) is -1.06. The fourth-order valence-corrected chi connectivity index (χ4v) is 3.88. The molecule has 1 aliphatic heterocycles. The minimum Gasteiger partial charge on any atom is -0.277 e. The smallest absolute Gasteiger partial charge is 0.277 e. The highest BCUT2D eigenvalue weighted by Crippen LogP contribution is 2.42. The summed E-state index contributed by atoms with van der Waals surface area (Å²) in [6.07, 6.45) is 5.39. The molecule has 2 aliphatic rings. The van der Waals surface area contributed by atoms with Crippen LogP contribution < -0.4 is 5.32 Å². The van der Waals surface area contributed by atoms with Gasteiger partial charge in [0.1, 0.15) is 10.4 Å². The molecule has 112 valence electrons. The topological polar surface area (TPSA) is 79.4 Å². The van der Waals surface area contributed by atoms with Crippen molar-refractivity contribution in [3.05, 3.63) is 16.6 Å². The van der Waals surface area contributed by atoms with Crippen molar-refractivity contribution in [1.29, 1.82) is 0 Å². The molecule has 1 unspecified atom stereocenters. The van der Waals surface area contributed by atoms with Gasteiger partial charge in [0, 0.05) is 11.6 Å². The minimum absolute atomic E-state index is 0.362. The summed E-state index contributed by atoms with van der Waals surface area (Å²) in [6, 6.07) is -1.09. The number of carbonyl (C=O) groups is 3. The first-order valence-corrected chi connectivity index (χ1v) is 8.03. The zero-order valence-corrected chi connectivity index (χ0v) is 12.6. The van der Waals surface area contributed by atoms with Crippen molar-refractivity contribution in [2.45, 2.75) is 45.1 Å². The lowest BCUT2D eigenvalue weighted by molar-refractivity contribution is -0.155. The number of amides is 4. The Morgan fingerprint density at radius 2 is 2.00 bits per heavy atom. The zero-order chi connectivity index (χ0) is 15.0. The Labute approximate surface area is 126 Å². The van der Waals surface area contributed by atoms with Crippen molar-refractivity contribution < 1.29 is 14.4 Å². The van der Waals surface area contributed by atoms with Crippen molar-refractivity contribution in [3.8, 4) is 0 Å². The zero-order valence-electron chi connectivity index (χ0n) is 11.8. The van der Waals surface area contributed by atoms with Gasteiger partial charge in [-0.05, 0) is 19.8 Å². The first-order chi connectivity index (χ1) is 10.1. The second-order valence-electron chi connectivity index (χ2n) is 5.62. The van der Waals surface area contributed by atoms with Crippen molar-refractivity contribution in [2.24, 2.45) is 5.41 Å². The monoisotopic (exact) mass is 307 g/mol. The maximum atomic E-state index is 12.9. The summed E-state index contributed by atoms with van der Waals surface area (Å²) in [4.78, 5) is 42.6. The number of barbiturate groups is 1. The molecule has 3 rings (SSSR count). The molecule has 0 bridgehead atoms. The van der Waals surface area contributed by atoms with Gasteiger partial charge < -0.3 is 0 Å². The van der Waals surface area contributed by atoms with E-state index in [2.05, 4.69) is 10.3 Å². The van der Waals surface area contributed by atoms with E-state index >= 15 is 0 Å². The first kappa shape index (κ1) is 14.2. The molecule has 1 atom stereocenters. The number of rotatable bonds is 2. The quantitative estimate of drug-likeness (QED) is 0.850. The molecule has 0 aromatic carbocycles. The van der Waals surface area contributed by atoms with E-state index in [4.69, 9.17) is 0 Å². The van der Waals surface area contributed by atoms with E-state index in [1.807, 2.05) is 0 Å². The molecule has 6 nitrogen and oxygen atoms in total. The van der Waals surface area contributed by atoms with E-state index in [-0.39, 0.29) is 5.91 Å². The second-order valence-corrected chi connectivity index (χ2v) is 6.55. The fourth-order valence-electron chi connectivity index (χ4n) is 3.20. The van der Waals surface area contributed by atoms with Crippen LogP contribution in [0.15, 0.2) is 11.6 Å². The average molecular weight is 307 g/mol. The number of hydrogen-bond acceptors (Lipinski definition) is 5. The Morgan fingerprint density at radius 1 is 1.29 bits per heavy atom. The number of urea groups is 1. The molecule has 2 fully saturated rings. The van der Waals surface area contributed by atoms with Gasteiger partial charge in [-0.3, -0.25) is 19.8 Å². The number of nitrogens with one attached hydrogen (secondary N) is 1. The van der Waals surface area contributed by atoms with Crippen LogP contribution in [0.1, 0.15) is 50.1 Å². The fraction of sp³-hybridized carbons (Fsp3) is 0.571. The van der Waals surface area contributed by atoms with Gasteiger partial charge in [-0.25, -0.2) is 9.78 Å². The van der Waals surface area contributed by atoms with Gasteiger partial charge in [0.05, 0.1) is 6.04 Å². The second kappa shape index (κ2) is 5.22. The molecule has 4 amide bonds. The number of nitrogens with zero attached hydrogens (tertiary/aromatic N) is 2. The first-order valence-electron chi connectivity index (χ1n) is 7.15. The molecule has 1 saturated heterocycles. The highest BCUT2D eigenvalue weighted by Gasteiger charge is 2.55. The Kier molecular flexibility index (Phi) is 3.52. The van der Waals surface area contributed by atoms with Gasteiger partial charge in [0.2, 0.25) is 11.8 Å². The van der Waals surface area contributed by atoms with Crippen LogP contribution in [0, 0.1) is 5.41 Å². The molecular formula is C14H17N3O3S. The number of carbonyl (C=O) groups excluding carboxylic acids is 3. The number of aromatic nitrogens is 1. The summed E-state index contributed by atoms with van der Waals surface area (Å²) >= 11 is 1.39. The molecule has 1 spiro atoms. The van der Waals surface area contributed by atoms with Crippen LogP contribution >= 0.6 is 11.3 Å². The summed E-state index contributed by atoms with van der Waals surface area (Å²) < 4.78 is 0. The molecule has 1 N–H and O–H groups in total. The Hall–Kier alpha value is -1.76. The van der Waals surface area contributed by atoms with Crippen molar-refractivity contribution in [3.63, 3.8) is 0 Å². The maximum Gasteiger partial charge on any atom is 0.331 e. The van der Waals surface area contributed by atoms with Crippen molar-refractivity contribution in [1.82, 2.24) is 15.2 Å². The van der Waals surface area contributed by atoms with Gasteiger partial charge in [-0.2, -0.15) is 0 Å². The summed E-state index contributed by atoms with van der Waals surface area (Å²) in [7, 11) is 0. The molecule has 1 aliphatic carbocycles. The minimum atomic E-state index is -1.06. The lowest BCUT2D eigenvalue weighted by atomic mass is 9.71. The third-order valence-electron chi connectivity index (χ3n) is 4.41. The third-order valence-corrected chi connectivity index (χ3v) is 5.35. The highest BCUT2D eigenvalue weighted by molar-refractivity contribution is 7.09. The van der Waals surface area contributed by atoms with Crippen LogP contribution in [-0.2, 0) is 9.59 Å². The highest BCUT2D eigenvalue weighted by atomic mass is 32.1. The van der Waals surface area contributed by atoms with E-state index in [1.54, 1.807) is 18.5 Å². The number of imide groups is 2. The summed E-state index contributed by atoms with van der Waals surface area (Å²) in [6.45, 7) is 1.77. The van der Waals surface area contributed by atoms with Crippen LogP contribution in [0.25, 0.3) is 0 Å². The molecule has 1 aromatic heterocycles.